The Bertz CT molecular complexity index is 396. The van der Waals surface area contributed by atoms with Crippen molar-refractivity contribution in [2.24, 2.45) is 0 Å². The van der Waals surface area contributed by atoms with Crippen molar-refractivity contribution in [3.8, 4) is 0 Å². The highest BCUT2D eigenvalue weighted by Crippen LogP contribution is 2.10. The van der Waals surface area contributed by atoms with Crippen molar-refractivity contribution < 1.29 is 4.79 Å². The molecule has 0 spiro atoms. The van der Waals surface area contributed by atoms with Crippen LogP contribution in [-0.2, 0) is 17.9 Å². The highest BCUT2D eigenvalue weighted by Gasteiger charge is 2.17. The maximum absolute atomic E-state index is 12.2. The molecule has 1 aliphatic rings. The zero-order chi connectivity index (χ0) is 13.5. The van der Waals surface area contributed by atoms with E-state index in [0.29, 0.717) is 6.54 Å². The molecule has 2 rings (SSSR count). The van der Waals surface area contributed by atoms with Crippen LogP contribution in [-0.4, -0.2) is 40.0 Å². The fourth-order valence-corrected chi connectivity index (χ4v) is 2.42. The van der Waals surface area contributed by atoms with Crippen LogP contribution in [0, 0.1) is 0 Å². The number of imidazole rings is 1. The molecule has 1 aromatic heterocycles. The molecule has 0 aliphatic carbocycles. The van der Waals surface area contributed by atoms with E-state index in [1.54, 1.807) is 6.33 Å². The normalized spacial score (nSPS) is 15.7. The second kappa shape index (κ2) is 7.28. The number of hydrogen-bond acceptors (Lipinski definition) is 3. The maximum atomic E-state index is 12.2. The van der Waals surface area contributed by atoms with Crippen molar-refractivity contribution in [1.82, 2.24) is 19.8 Å². The monoisotopic (exact) mass is 264 g/mol. The lowest BCUT2D eigenvalue weighted by Crippen LogP contribution is -2.38. The van der Waals surface area contributed by atoms with Crippen molar-refractivity contribution in [3.63, 3.8) is 0 Å². The lowest BCUT2D eigenvalue weighted by Gasteiger charge is -2.27. The largest absolute Gasteiger partial charge is 0.341 e. The van der Waals surface area contributed by atoms with Crippen LogP contribution >= 0.6 is 0 Å². The zero-order valence-corrected chi connectivity index (χ0v) is 11.8. The first-order valence-electron chi connectivity index (χ1n) is 7.28. The molecule has 1 amide bonds. The van der Waals surface area contributed by atoms with Gasteiger partial charge in [-0.3, -0.25) is 4.79 Å². The van der Waals surface area contributed by atoms with E-state index in [2.05, 4.69) is 17.2 Å². The first-order chi connectivity index (χ1) is 9.31. The molecule has 0 saturated carbocycles. The van der Waals surface area contributed by atoms with E-state index in [-0.39, 0.29) is 5.91 Å². The van der Waals surface area contributed by atoms with E-state index >= 15 is 0 Å². The van der Waals surface area contributed by atoms with Gasteiger partial charge in [0.05, 0.1) is 12.0 Å². The van der Waals surface area contributed by atoms with Crippen molar-refractivity contribution in [3.05, 3.63) is 18.2 Å². The number of piperidine rings is 1. The fourth-order valence-electron chi connectivity index (χ4n) is 2.42. The van der Waals surface area contributed by atoms with Gasteiger partial charge in [0, 0.05) is 25.8 Å². The van der Waals surface area contributed by atoms with Gasteiger partial charge in [0.1, 0.15) is 6.54 Å². The molecule has 19 heavy (non-hydrogen) atoms. The topological polar surface area (TPSA) is 50.2 Å². The minimum absolute atomic E-state index is 0.217. The maximum Gasteiger partial charge on any atom is 0.242 e. The number of hydrogen-bond donors (Lipinski definition) is 1. The summed E-state index contributed by atoms with van der Waals surface area (Å²) < 4.78 is 1.96. The number of nitrogens with one attached hydrogen (secondary N) is 1. The van der Waals surface area contributed by atoms with E-state index in [0.717, 1.165) is 51.1 Å². The summed E-state index contributed by atoms with van der Waals surface area (Å²) in [6.45, 7) is 6.16. The summed E-state index contributed by atoms with van der Waals surface area (Å²) in [4.78, 5) is 18.3. The molecule has 1 aromatic rings. The summed E-state index contributed by atoms with van der Waals surface area (Å²) in [5, 5.41) is 3.34. The number of aromatic nitrogens is 2. The van der Waals surface area contributed by atoms with Crippen LogP contribution in [0.2, 0.25) is 0 Å². The second-order valence-electron chi connectivity index (χ2n) is 5.13. The van der Waals surface area contributed by atoms with Crippen LogP contribution < -0.4 is 5.32 Å². The van der Waals surface area contributed by atoms with E-state index in [4.69, 9.17) is 0 Å². The van der Waals surface area contributed by atoms with E-state index in [1.807, 2.05) is 15.7 Å². The molecular formula is C14H24N4O. The van der Waals surface area contributed by atoms with Gasteiger partial charge >= 0.3 is 0 Å². The molecule has 5 heteroatoms. The fraction of sp³-hybridized carbons (Fsp3) is 0.714. The number of amides is 1. The van der Waals surface area contributed by atoms with Crippen molar-refractivity contribution in [2.75, 3.05) is 19.6 Å². The standard InChI is InChI=1S/C14H24N4O/c1-2-6-15-9-13-10-16-12-18(13)11-14(19)17-7-4-3-5-8-17/h10,12,15H,2-9,11H2,1H3. The Morgan fingerprint density at radius 3 is 2.89 bits per heavy atom. The molecule has 0 atom stereocenters. The van der Waals surface area contributed by atoms with Gasteiger partial charge in [-0.05, 0) is 32.2 Å². The lowest BCUT2D eigenvalue weighted by molar-refractivity contribution is -0.132. The molecule has 0 bridgehead atoms. The number of carbonyl (C=O) groups excluding carboxylic acids is 1. The quantitative estimate of drug-likeness (QED) is 0.790. The minimum Gasteiger partial charge on any atom is -0.341 e. The minimum atomic E-state index is 0.217. The van der Waals surface area contributed by atoms with Gasteiger partial charge in [-0.15, -0.1) is 0 Å². The van der Waals surface area contributed by atoms with Crippen molar-refractivity contribution >= 4 is 5.91 Å². The third kappa shape index (κ3) is 4.06. The molecule has 2 heterocycles. The third-order valence-electron chi connectivity index (χ3n) is 3.55. The Balaban J connectivity index is 1.87. The molecule has 1 fully saturated rings. The van der Waals surface area contributed by atoms with Crippen LogP contribution in [0.1, 0.15) is 38.3 Å². The molecule has 0 unspecified atom stereocenters. The van der Waals surface area contributed by atoms with E-state index in [1.165, 1.54) is 6.42 Å². The Kier molecular flexibility index (Phi) is 5.39. The Labute approximate surface area is 115 Å². The smallest absolute Gasteiger partial charge is 0.242 e. The van der Waals surface area contributed by atoms with Gasteiger partial charge in [-0.2, -0.15) is 0 Å². The lowest BCUT2D eigenvalue weighted by atomic mass is 10.1. The van der Waals surface area contributed by atoms with Crippen LogP contribution in [0.4, 0.5) is 0 Å². The Morgan fingerprint density at radius 2 is 2.16 bits per heavy atom. The van der Waals surface area contributed by atoms with Crippen molar-refractivity contribution in [2.45, 2.75) is 45.7 Å². The number of nitrogens with zero attached hydrogens (tertiary/aromatic N) is 3. The third-order valence-corrected chi connectivity index (χ3v) is 3.55. The van der Waals surface area contributed by atoms with Gasteiger partial charge in [-0.1, -0.05) is 6.92 Å². The number of carbonyl (C=O) groups is 1. The molecule has 1 N–H and O–H groups in total. The summed E-state index contributed by atoms with van der Waals surface area (Å²) >= 11 is 0. The summed E-state index contributed by atoms with van der Waals surface area (Å²) in [6, 6.07) is 0. The van der Waals surface area contributed by atoms with Crippen LogP contribution in [0.5, 0.6) is 0 Å². The summed E-state index contributed by atoms with van der Waals surface area (Å²) in [6.07, 6.45) is 8.24. The Hall–Kier alpha value is -1.36. The number of rotatable bonds is 6. The first kappa shape index (κ1) is 14.1. The molecule has 0 aromatic carbocycles. The average Bonchev–Trinajstić information content (AvgIpc) is 2.87. The molecule has 106 valence electrons. The van der Waals surface area contributed by atoms with Crippen LogP contribution in [0.25, 0.3) is 0 Å². The van der Waals surface area contributed by atoms with Gasteiger partial charge in [0.15, 0.2) is 0 Å². The molecule has 0 radical (unpaired) electrons. The van der Waals surface area contributed by atoms with Crippen LogP contribution in [0.3, 0.4) is 0 Å². The van der Waals surface area contributed by atoms with E-state index < -0.39 is 0 Å². The van der Waals surface area contributed by atoms with Gasteiger partial charge in [0.25, 0.3) is 0 Å². The second-order valence-corrected chi connectivity index (χ2v) is 5.13. The molecule has 1 saturated heterocycles. The van der Waals surface area contributed by atoms with Gasteiger partial charge in [-0.25, -0.2) is 4.98 Å². The molecule has 5 nitrogen and oxygen atoms in total. The summed E-state index contributed by atoms with van der Waals surface area (Å²) in [7, 11) is 0. The summed E-state index contributed by atoms with van der Waals surface area (Å²) in [5.41, 5.74) is 1.08. The highest BCUT2D eigenvalue weighted by molar-refractivity contribution is 5.76. The zero-order valence-electron chi connectivity index (χ0n) is 11.8. The molecule has 1 aliphatic heterocycles. The molecular weight excluding hydrogens is 240 g/mol. The predicted molar refractivity (Wildman–Crippen MR) is 74.7 cm³/mol. The van der Waals surface area contributed by atoms with Crippen molar-refractivity contribution in [1.29, 1.82) is 0 Å². The highest BCUT2D eigenvalue weighted by atomic mass is 16.2. The SMILES string of the molecule is CCCNCc1cncn1CC(=O)N1CCCCC1. The Morgan fingerprint density at radius 1 is 1.37 bits per heavy atom. The predicted octanol–water partition coefficient (Wildman–Crippen LogP) is 1.40. The van der Waals surface area contributed by atoms with Gasteiger partial charge in [0.2, 0.25) is 5.91 Å². The summed E-state index contributed by atoms with van der Waals surface area (Å²) in [5.74, 6) is 0.217. The van der Waals surface area contributed by atoms with Crippen LogP contribution in [0.15, 0.2) is 12.5 Å². The number of likely N-dealkylation sites (tertiary alicyclic amines) is 1. The van der Waals surface area contributed by atoms with Gasteiger partial charge < -0.3 is 14.8 Å². The van der Waals surface area contributed by atoms with E-state index in [9.17, 15) is 4.79 Å². The average molecular weight is 264 g/mol. The first-order valence-corrected chi connectivity index (χ1v) is 7.28.